The van der Waals surface area contributed by atoms with Crippen molar-refractivity contribution in [2.45, 2.75) is 33.2 Å². The number of rotatable bonds is 3. The maximum absolute atomic E-state index is 13.5. The van der Waals surface area contributed by atoms with E-state index in [1.54, 1.807) is 45.9 Å². The molecule has 7 heteroatoms. The molecule has 0 aliphatic carbocycles. The van der Waals surface area contributed by atoms with Gasteiger partial charge in [-0.1, -0.05) is 6.07 Å². The maximum Gasteiger partial charge on any atom is 0.272 e. The number of hydrazine groups is 1. The summed E-state index contributed by atoms with van der Waals surface area (Å²) in [6.45, 7) is 6.80. The topological polar surface area (TPSA) is 58.6 Å². The molecular formula is C20H22F2N2O3. The number of hydrogen-bond donors (Lipinski definition) is 1. The van der Waals surface area contributed by atoms with Gasteiger partial charge in [-0.2, -0.15) is 0 Å². The number of methoxy groups -OCH3 is 1. The Hall–Kier alpha value is -2.96. The number of carbonyl (C=O) groups excluding carboxylic acids is 2. The van der Waals surface area contributed by atoms with E-state index in [9.17, 15) is 18.4 Å². The van der Waals surface area contributed by atoms with Crippen LogP contribution < -0.4 is 10.2 Å². The zero-order valence-corrected chi connectivity index (χ0v) is 15.9. The molecule has 2 aromatic carbocycles. The van der Waals surface area contributed by atoms with Crippen LogP contribution >= 0.6 is 0 Å². The summed E-state index contributed by atoms with van der Waals surface area (Å²) in [5, 5.41) is 1.06. The first kappa shape index (κ1) is 20.4. The van der Waals surface area contributed by atoms with Crippen LogP contribution in [0.1, 0.15) is 47.1 Å². The van der Waals surface area contributed by atoms with Crippen LogP contribution in [0.2, 0.25) is 0 Å². The van der Waals surface area contributed by atoms with Gasteiger partial charge in [0.2, 0.25) is 0 Å². The van der Waals surface area contributed by atoms with Crippen molar-refractivity contribution in [2.24, 2.45) is 0 Å². The van der Waals surface area contributed by atoms with Crippen molar-refractivity contribution in [1.82, 2.24) is 10.4 Å². The van der Waals surface area contributed by atoms with E-state index in [1.807, 2.05) is 0 Å². The number of amides is 2. The molecule has 0 aliphatic heterocycles. The first-order valence-electron chi connectivity index (χ1n) is 8.30. The van der Waals surface area contributed by atoms with Gasteiger partial charge in [-0.3, -0.25) is 15.0 Å². The van der Waals surface area contributed by atoms with Crippen LogP contribution in [0.3, 0.4) is 0 Å². The van der Waals surface area contributed by atoms with Crippen molar-refractivity contribution >= 4 is 11.8 Å². The van der Waals surface area contributed by atoms with Gasteiger partial charge in [0.25, 0.3) is 11.8 Å². The molecule has 2 amide bonds. The lowest BCUT2D eigenvalue weighted by Crippen LogP contribution is -2.56. The van der Waals surface area contributed by atoms with E-state index in [2.05, 4.69) is 5.43 Å². The van der Waals surface area contributed by atoms with E-state index in [4.69, 9.17) is 4.74 Å². The minimum Gasteiger partial charge on any atom is -0.496 e. The largest absolute Gasteiger partial charge is 0.496 e. The molecule has 0 fully saturated rings. The fraction of sp³-hybridized carbons (Fsp3) is 0.300. The van der Waals surface area contributed by atoms with Gasteiger partial charge in [-0.05, 0) is 52.0 Å². The van der Waals surface area contributed by atoms with Crippen LogP contribution in [0.25, 0.3) is 0 Å². The number of benzene rings is 2. The zero-order chi connectivity index (χ0) is 20.4. The SMILES string of the molecule is COc1cccc(C(=O)NN(C(=O)c2cc(F)cc(F)c2)C(C)(C)C)c1C. The molecule has 27 heavy (non-hydrogen) atoms. The van der Waals surface area contributed by atoms with Crippen molar-refractivity contribution in [3.63, 3.8) is 0 Å². The fourth-order valence-corrected chi connectivity index (χ4v) is 2.57. The predicted molar refractivity (Wildman–Crippen MR) is 97.5 cm³/mol. The predicted octanol–water partition coefficient (Wildman–Crippen LogP) is 3.87. The minimum atomic E-state index is -0.873. The summed E-state index contributed by atoms with van der Waals surface area (Å²) in [5.41, 5.74) is 2.43. The van der Waals surface area contributed by atoms with Crippen LogP contribution in [0, 0.1) is 18.6 Å². The lowest BCUT2D eigenvalue weighted by atomic mass is 10.1. The minimum absolute atomic E-state index is 0.204. The Morgan fingerprint density at radius 3 is 2.19 bits per heavy atom. The average Bonchev–Trinajstić information content (AvgIpc) is 2.57. The van der Waals surface area contributed by atoms with Gasteiger partial charge in [0.1, 0.15) is 17.4 Å². The third-order valence-corrected chi connectivity index (χ3v) is 3.95. The van der Waals surface area contributed by atoms with Crippen LogP contribution in [-0.2, 0) is 0 Å². The van der Waals surface area contributed by atoms with Crippen molar-refractivity contribution in [3.05, 3.63) is 64.7 Å². The highest BCUT2D eigenvalue weighted by Crippen LogP contribution is 2.22. The van der Waals surface area contributed by atoms with E-state index in [1.165, 1.54) is 7.11 Å². The van der Waals surface area contributed by atoms with Gasteiger partial charge in [0, 0.05) is 22.8 Å². The summed E-state index contributed by atoms with van der Waals surface area (Å²) in [6.07, 6.45) is 0. The number of carbonyl (C=O) groups is 2. The Labute approximate surface area is 156 Å². The van der Waals surface area contributed by atoms with Crippen molar-refractivity contribution in [2.75, 3.05) is 7.11 Å². The molecule has 144 valence electrons. The Morgan fingerprint density at radius 1 is 1.07 bits per heavy atom. The smallest absolute Gasteiger partial charge is 0.272 e. The lowest BCUT2D eigenvalue weighted by molar-refractivity contribution is 0.0357. The third kappa shape index (κ3) is 4.61. The van der Waals surface area contributed by atoms with Crippen LogP contribution in [0.4, 0.5) is 8.78 Å². The number of nitrogens with zero attached hydrogens (tertiary/aromatic N) is 1. The van der Waals surface area contributed by atoms with Gasteiger partial charge < -0.3 is 4.74 Å². The van der Waals surface area contributed by atoms with Gasteiger partial charge in [0.15, 0.2) is 0 Å². The molecule has 2 rings (SSSR count). The Kier molecular flexibility index (Phi) is 5.83. The molecule has 0 heterocycles. The normalized spacial score (nSPS) is 11.1. The maximum atomic E-state index is 13.5. The summed E-state index contributed by atoms with van der Waals surface area (Å²) >= 11 is 0. The Bertz CT molecular complexity index is 856. The van der Waals surface area contributed by atoms with Gasteiger partial charge in [-0.15, -0.1) is 0 Å². The third-order valence-electron chi connectivity index (χ3n) is 3.95. The average molecular weight is 376 g/mol. The number of halogens is 2. The summed E-state index contributed by atoms with van der Waals surface area (Å²) in [7, 11) is 1.49. The Balaban J connectivity index is 2.38. The first-order valence-corrected chi connectivity index (χ1v) is 8.30. The van der Waals surface area contributed by atoms with E-state index in [0.29, 0.717) is 22.9 Å². The van der Waals surface area contributed by atoms with E-state index >= 15 is 0 Å². The molecule has 2 aromatic rings. The monoisotopic (exact) mass is 376 g/mol. The highest BCUT2D eigenvalue weighted by atomic mass is 19.1. The molecule has 0 saturated heterocycles. The van der Waals surface area contributed by atoms with Gasteiger partial charge >= 0.3 is 0 Å². The molecule has 0 spiro atoms. The van der Waals surface area contributed by atoms with Gasteiger partial charge in [-0.25, -0.2) is 13.8 Å². The number of nitrogens with one attached hydrogen (secondary N) is 1. The second-order valence-electron chi connectivity index (χ2n) is 7.04. The molecule has 1 N–H and O–H groups in total. The second-order valence-corrected chi connectivity index (χ2v) is 7.04. The molecule has 0 radical (unpaired) electrons. The van der Waals surface area contributed by atoms with Crippen molar-refractivity contribution < 1.29 is 23.1 Å². The highest BCUT2D eigenvalue weighted by molar-refractivity contribution is 6.00. The molecular weight excluding hydrogens is 354 g/mol. The van der Waals surface area contributed by atoms with Crippen LogP contribution in [0.15, 0.2) is 36.4 Å². The first-order chi connectivity index (χ1) is 12.5. The van der Waals surface area contributed by atoms with Crippen LogP contribution in [0.5, 0.6) is 5.75 Å². The lowest BCUT2D eigenvalue weighted by Gasteiger charge is -2.35. The summed E-state index contributed by atoms with van der Waals surface area (Å²) < 4.78 is 32.2. The second kappa shape index (κ2) is 7.73. The molecule has 0 unspecified atom stereocenters. The van der Waals surface area contributed by atoms with E-state index in [-0.39, 0.29) is 5.56 Å². The molecule has 0 bridgehead atoms. The Morgan fingerprint density at radius 2 is 1.67 bits per heavy atom. The molecule has 0 atom stereocenters. The van der Waals surface area contributed by atoms with Gasteiger partial charge in [0.05, 0.1) is 12.6 Å². The molecule has 0 aromatic heterocycles. The molecule has 5 nitrogen and oxygen atoms in total. The van der Waals surface area contributed by atoms with Crippen molar-refractivity contribution in [1.29, 1.82) is 0 Å². The quantitative estimate of drug-likeness (QED) is 0.828. The zero-order valence-electron chi connectivity index (χ0n) is 15.9. The number of hydrogen-bond acceptors (Lipinski definition) is 3. The molecule has 0 saturated carbocycles. The van der Waals surface area contributed by atoms with Crippen LogP contribution in [-0.4, -0.2) is 29.5 Å². The number of ether oxygens (including phenoxy) is 1. The van der Waals surface area contributed by atoms with Crippen molar-refractivity contribution in [3.8, 4) is 5.75 Å². The summed E-state index contributed by atoms with van der Waals surface area (Å²) in [5.74, 6) is -2.48. The standard InChI is InChI=1S/C20H22F2N2O3/c1-12-16(7-6-8-17(12)27-5)18(25)23-24(20(2,3)4)19(26)13-9-14(21)11-15(22)10-13/h6-11H,1-5H3,(H,23,25). The fourth-order valence-electron chi connectivity index (χ4n) is 2.57. The highest BCUT2D eigenvalue weighted by Gasteiger charge is 2.30. The van der Waals surface area contributed by atoms with E-state index < -0.39 is 29.0 Å². The van der Waals surface area contributed by atoms with E-state index in [0.717, 1.165) is 17.1 Å². The summed E-state index contributed by atoms with van der Waals surface area (Å²) in [6, 6.07) is 7.50. The molecule has 0 aliphatic rings. The summed E-state index contributed by atoms with van der Waals surface area (Å²) in [4.78, 5) is 25.6.